The Morgan fingerprint density at radius 2 is 1.82 bits per heavy atom. The van der Waals surface area contributed by atoms with E-state index < -0.39 is 0 Å². The first-order valence-corrected chi connectivity index (χ1v) is 8.49. The summed E-state index contributed by atoms with van der Waals surface area (Å²) in [6.07, 6.45) is 7.45. The molecule has 0 bridgehead atoms. The van der Waals surface area contributed by atoms with Crippen LogP contribution in [0.3, 0.4) is 0 Å². The van der Waals surface area contributed by atoms with E-state index in [-0.39, 0.29) is 0 Å². The molecule has 0 unspecified atom stereocenters. The number of allylic oxidation sites excluding steroid dienone is 1. The molecule has 0 heteroatoms. The van der Waals surface area contributed by atoms with Crippen LogP contribution in [0.1, 0.15) is 54.0 Å². The lowest BCUT2D eigenvalue weighted by atomic mass is 9.89. The number of rotatable bonds is 4. The van der Waals surface area contributed by atoms with Crippen molar-refractivity contribution in [2.75, 3.05) is 0 Å². The molecule has 0 saturated heterocycles. The Labute approximate surface area is 134 Å². The fourth-order valence-electron chi connectivity index (χ4n) is 3.68. The molecule has 0 atom stereocenters. The molecular weight excluding hydrogens is 264 g/mol. The van der Waals surface area contributed by atoms with Crippen LogP contribution >= 0.6 is 0 Å². The van der Waals surface area contributed by atoms with Gasteiger partial charge >= 0.3 is 0 Å². The molecule has 0 aliphatic heterocycles. The number of benzene rings is 2. The second-order valence-corrected chi connectivity index (χ2v) is 6.73. The van der Waals surface area contributed by atoms with Gasteiger partial charge in [-0.25, -0.2) is 0 Å². The molecule has 2 aromatic carbocycles. The first-order valence-electron chi connectivity index (χ1n) is 8.49. The van der Waals surface area contributed by atoms with E-state index in [1.165, 1.54) is 52.6 Å². The van der Waals surface area contributed by atoms with Gasteiger partial charge in [-0.05, 0) is 73.4 Å². The highest BCUT2D eigenvalue weighted by atomic mass is 14.2. The van der Waals surface area contributed by atoms with Crippen LogP contribution in [0.2, 0.25) is 0 Å². The third-order valence-electron chi connectivity index (χ3n) is 4.81. The Kier molecular flexibility index (Phi) is 4.20. The molecule has 1 aliphatic carbocycles. The smallest absolute Gasteiger partial charge is 0.00550 e. The number of fused-ring (bicyclic) bond motifs is 1. The maximum Gasteiger partial charge on any atom is -0.00550 e. The van der Waals surface area contributed by atoms with Gasteiger partial charge in [-0.3, -0.25) is 0 Å². The van der Waals surface area contributed by atoms with Gasteiger partial charge < -0.3 is 0 Å². The first-order chi connectivity index (χ1) is 10.6. The van der Waals surface area contributed by atoms with Crippen LogP contribution < -0.4 is 0 Å². The van der Waals surface area contributed by atoms with Crippen LogP contribution in [0.25, 0.3) is 17.2 Å². The highest BCUT2D eigenvalue weighted by Gasteiger charge is 2.20. The molecule has 0 amide bonds. The van der Waals surface area contributed by atoms with Crippen molar-refractivity contribution in [2.45, 2.75) is 53.4 Å². The Morgan fingerprint density at radius 3 is 2.55 bits per heavy atom. The van der Waals surface area contributed by atoms with E-state index in [1.807, 2.05) is 0 Å². The highest BCUT2D eigenvalue weighted by Crippen LogP contribution is 2.39. The van der Waals surface area contributed by atoms with Crippen LogP contribution in [0, 0.1) is 20.8 Å². The predicted molar refractivity (Wildman–Crippen MR) is 97.3 cm³/mol. The van der Waals surface area contributed by atoms with E-state index >= 15 is 0 Å². The van der Waals surface area contributed by atoms with Crippen molar-refractivity contribution in [1.29, 1.82) is 0 Å². The summed E-state index contributed by atoms with van der Waals surface area (Å²) in [6, 6.07) is 11.3. The van der Waals surface area contributed by atoms with Gasteiger partial charge in [-0.1, -0.05) is 60.9 Å². The summed E-state index contributed by atoms with van der Waals surface area (Å²) in [5, 5.41) is 0. The Bertz CT molecular complexity index is 732. The molecule has 0 spiro atoms. The molecule has 1 aliphatic rings. The van der Waals surface area contributed by atoms with Crippen LogP contribution in [0.4, 0.5) is 0 Å². The Morgan fingerprint density at radius 1 is 1.00 bits per heavy atom. The maximum absolute atomic E-state index is 2.47. The zero-order valence-electron chi connectivity index (χ0n) is 14.3. The molecule has 2 aromatic rings. The molecule has 0 aromatic heterocycles. The van der Waals surface area contributed by atoms with Gasteiger partial charge in [0.2, 0.25) is 0 Å². The summed E-state index contributed by atoms with van der Waals surface area (Å²) in [7, 11) is 0. The van der Waals surface area contributed by atoms with Crippen molar-refractivity contribution in [3.63, 3.8) is 0 Å². The third-order valence-corrected chi connectivity index (χ3v) is 4.81. The maximum atomic E-state index is 2.47. The van der Waals surface area contributed by atoms with E-state index in [0.29, 0.717) is 0 Å². The summed E-state index contributed by atoms with van der Waals surface area (Å²) < 4.78 is 0. The van der Waals surface area contributed by atoms with Crippen molar-refractivity contribution in [3.05, 3.63) is 63.7 Å². The molecule has 0 saturated carbocycles. The van der Waals surface area contributed by atoms with Gasteiger partial charge in [0.25, 0.3) is 0 Å². The van der Waals surface area contributed by atoms with Crippen molar-refractivity contribution >= 4 is 6.08 Å². The summed E-state index contributed by atoms with van der Waals surface area (Å²) in [4.78, 5) is 0. The second-order valence-electron chi connectivity index (χ2n) is 6.73. The summed E-state index contributed by atoms with van der Waals surface area (Å²) >= 11 is 0. The van der Waals surface area contributed by atoms with E-state index in [0.717, 1.165) is 6.42 Å². The van der Waals surface area contributed by atoms with Gasteiger partial charge in [0.1, 0.15) is 0 Å². The van der Waals surface area contributed by atoms with Gasteiger partial charge in [0.05, 0.1) is 0 Å². The molecule has 0 radical (unpaired) electrons. The summed E-state index contributed by atoms with van der Waals surface area (Å²) in [6.45, 7) is 8.97. The van der Waals surface area contributed by atoms with Crippen LogP contribution in [0.5, 0.6) is 0 Å². The fraction of sp³-hybridized carbons (Fsp3) is 0.364. The van der Waals surface area contributed by atoms with Crippen LogP contribution in [0.15, 0.2) is 35.9 Å². The van der Waals surface area contributed by atoms with E-state index in [2.05, 4.69) is 64.1 Å². The largest absolute Gasteiger partial charge is 0.0654 e. The number of aryl methyl sites for hydroxylation is 3. The predicted octanol–water partition coefficient (Wildman–Crippen LogP) is 6.41. The zero-order chi connectivity index (χ0) is 15.7. The Balaban J connectivity index is 2.12. The lowest BCUT2D eigenvalue weighted by Crippen LogP contribution is -1.96. The van der Waals surface area contributed by atoms with E-state index in [1.54, 1.807) is 11.1 Å². The minimum Gasteiger partial charge on any atom is -0.0654 e. The molecule has 114 valence electrons. The Hall–Kier alpha value is -1.82. The first kappa shape index (κ1) is 15.1. The van der Waals surface area contributed by atoms with E-state index in [4.69, 9.17) is 0 Å². The highest BCUT2D eigenvalue weighted by molar-refractivity contribution is 5.84. The lowest BCUT2D eigenvalue weighted by molar-refractivity contribution is 0.779. The number of unbranched alkanes of at least 4 members (excludes halogenated alkanes) is 1. The van der Waals surface area contributed by atoms with Gasteiger partial charge in [0.15, 0.2) is 0 Å². The molecule has 0 heterocycles. The standard InChI is InChI=1S/C22H26/c1-5-6-9-18-13-20-16(3)12-17(4)22(21(20)14-18)19-10-7-8-15(2)11-19/h7-8,10-12,14H,5-6,9,13H2,1-4H3. The number of hydrogen-bond donors (Lipinski definition) is 0. The zero-order valence-corrected chi connectivity index (χ0v) is 14.3. The fourth-order valence-corrected chi connectivity index (χ4v) is 3.68. The van der Waals surface area contributed by atoms with Gasteiger partial charge in [-0.15, -0.1) is 0 Å². The molecular formula is C22H26. The normalized spacial score (nSPS) is 13.2. The van der Waals surface area contributed by atoms with Gasteiger partial charge in [0, 0.05) is 0 Å². The van der Waals surface area contributed by atoms with Crippen molar-refractivity contribution < 1.29 is 0 Å². The van der Waals surface area contributed by atoms with Crippen LogP contribution in [-0.2, 0) is 6.42 Å². The monoisotopic (exact) mass is 290 g/mol. The van der Waals surface area contributed by atoms with Gasteiger partial charge in [-0.2, -0.15) is 0 Å². The minimum absolute atomic E-state index is 1.15. The van der Waals surface area contributed by atoms with Crippen molar-refractivity contribution in [2.24, 2.45) is 0 Å². The minimum atomic E-state index is 1.15. The quantitative estimate of drug-likeness (QED) is 0.610. The van der Waals surface area contributed by atoms with E-state index in [9.17, 15) is 0 Å². The van der Waals surface area contributed by atoms with Crippen molar-refractivity contribution in [1.82, 2.24) is 0 Å². The summed E-state index contributed by atoms with van der Waals surface area (Å²) in [5.41, 5.74) is 11.6. The second kappa shape index (κ2) is 6.12. The molecule has 0 N–H and O–H groups in total. The molecule has 0 fully saturated rings. The van der Waals surface area contributed by atoms with Crippen molar-refractivity contribution in [3.8, 4) is 11.1 Å². The molecule has 3 rings (SSSR count). The summed E-state index contributed by atoms with van der Waals surface area (Å²) in [5.74, 6) is 0. The lowest BCUT2D eigenvalue weighted by Gasteiger charge is -2.15. The topological polar surface area (TPSA) is 0 Å². The average molecular weight is 290 g/mol. The SMILES string of the molecule is CCCCC1=Cc2c(c(C)cc(C)c2-c2cccc(C)c2)C1. The molecule has 0 nitrogen and oxygen atoms in total. The molecule has 22 heavy (non-hydrogen) atoms. The van der Waals surface area contributed by atoms with Crippen LogP contribution in [-0.4, -0.2) is 0 Å². The average Bonchev–Trinajstić information content (AvgIpc) is 2.89. The number of hydrogen-bond acceptors (Lipinski definition) is 0. The third kappa shape index (κ3) is 2.75.